The van der Waals surface area contributed by atoms with Gasteiger partial charge < -0.3 is 16.2 Å². The molecule has 96 valence electrons. The number of anilines is 2. The second-order valence-corrected chi connectivity index (χ2v) is 6.02. The van der Waals surface area contributed by atoms with Crippen LogP contribution >= 0.6 is 15.9 Å². The molecule has 0 fully saturated rings. The molecule has 4 N–H and O–H groups in total. The van der Waals surface area contributed by atoms with Crippen LogP contribution in [0.4, 0.5) is 11.4 Å². The number of halogens is 1. The Hall–Kier alpha value is -0.810. The van der Waals surface area contributed by atoms with Crippen molar-refractivity contribution in [3.8, 4) is 0 Å². The fourth-order valence-corrected chi connectivity index (χ4v) is 2.09. The predicted octanol–water partition coefficient (Wildman–Crippen LogP) is 2.64. The highest BCUT2D eigenvalue weighted by molar-refractivity contribution is 9.10. The van der Waals surface area contributed by atoms with Crippen LogP contribution in [0, 0.1) is 5.41 Å². The summed E-state index contributed by atoms with van der Waals surface area (Å²) in [6, 6.07) is 0.147. The zero-order valence-corrected chi connectivity index (χ0v) is 12.1. The Labute approximate surface area is 111 Å². The largest absolute Gasteiger partial charge is 0.396 e. The van der Waals surface area contributed by atoms with Gasteiger partial charge in [-0.1, -0.05) is 20.8 Å². The first-order valence-electron chi connectivity index (χ1n) is 5.62. The first-order valence-corrected chi connectivity index (χ1v) is 6.42. The number of nitrogen functional groups attached to an aromatic ring is 1. The van der Waals surface area contributed by atoms with E-state index in [4.69, 9.17) is 10.8 Å². The lowest BCUT2D eigenvalue weighted by atomic mass is 9.85. The lowest BCUT2D eigenvalue weighted by molar-refractivity contribution is 0.235. The monoisotopic (exact) mass is 301 g/mol. The molecule has 0 radical (unpaired) electrons. The number of pyridine rings is 1. The van der Waals surface area contributed by atoms with E-state index < -0.39 is 0 Å². The van der Waals surface area contributed by atoms with Crippen molar-refractivity contribution in [2.75, 3.05) is 17.7 Å². The van der Waals surface area contributed by atoms with Crippen LogP contribution in [0.5, 0.6) is 0 Å². The molecule has 1 aromatic rings. The Balaban J connectivity index is 2.94. The second kappa shape index (κ2) is 5.69. The van der Waals surface area contributed by atoms with Gasteiger partial charge in [-0.3, -0.25) is 4.98 Å². The smallest absolute Gasteiger partial charge is 0.0752 e. The molecule has 1 atom stereocenters. The lowest BCUT2D eigenvalue weighted by Gasteiger charge is -2.32. The summed E-state index contributed by atoms with van der Waals surface area (Å²) >= 11 is 3.43. The number of rotatable bonds is 4. The van der Waals surface area contributed by atoms with Crippen molar-refractivity contribution in [2.45, 2.75) is 33.2 Å². The quantitative estimate of drug-likeness (QED) is 0.799. The van der Waals surface area contributed by atoms with Crippen molar-refractivity contribution >= 4 is 27.3 Å². The van der Waals surface area contributed by atoms with Gasteiger partial charge in [0.2, 0.25) is 0 Å². The number of hydrogen-bond donors (Lipinski definition) is 3. The molecule has 0 saturated heterocycles. The standard InChI is InChI=1S/C12H20BrN3O/c1-12(2,3)10(4-5-17)16-11-8(13)6-15-7-9(11)14/h6-7,10,17H,4-5,14H2,1-3H3,(H,15,16). The third kappa shape index (κ3) is 3.85. The molecule has 4 nitrogen and oxygen atoms in total. The fraction of sp³-hybridized carbons (Fsp3) is 0.583. The third-order valence-corrected chi connectivity index (χ3v) is 3.31. The number of nitrogens with zero attached hydrogens (tertiary/aromatic N) is 1. The van der Waals surface area contributed by atoms with Crippen LogP contribution in [0.15, 0.2) is 16.9 Å². The van der Waals surface area contributed by atoms with E-state index in [0.717, 1.165) is 10.2 Å². The second-order valence-electron chi connectivity index (χ2n) is 5.16. The van der Waals surface area contributed by atoms with Crippen LogP contribution in [0.25, 0.3) is 0 Å². The SMILES string of the molecule is CC(C)(C)C(CCO)Nc1c(N)cncc1Br. The first-order chi connectivity index (χ1) is 7.86. The fourth-order valence-electron chi connectivity index (χ4n) is 1.63. The number of nitrogens with two attached hydrogens (primary N) is 1. The maximum absolute atomic E-state index is 9.12. The highest BCUT2D eigenvalue weighted by atomic mass is 79.9. The molecule has 0 amide bonds. The highest BCUT2D eigenvalue weighted by Gasteiger charge is 2.25. The van der Waals surface area contributed by atoms with Gasteiger partial charge in [-0.15, -0.1) is 0 Å². The molecule has 1 aromatic heterocycles. The minimum absolute atomic E-state index is 0.0396. The molecule has 1 rings (SSSR count). The van der Waals surface area contributed by atoms with E-state index >= 15 is 0 Å². The van der Waals surface area contributed by atoms with E-state index in [2.05, 4.69) is 47.0 Å². The molecule has 1 heterocycles. The molecule has 0 aliphatic heterocycles. The molecule has 0 bridgehead atoms. The molecule has 0 aromatic carbocycles. The van der Waals surface area contributed by atoms with Crippen molar-refractivity contribution < 1.29 is 5.11 Å². The molecule has 0 saturated carbocycles. The lowest BCUT2D eigenvalue weighted by Crippen LogP contribution is -2.35. The van der Waals surface area contributed by atoms with Crippen LogP contribution in [0.2, 0.25) is 0 Å². The maximum Gasteiger partial charge on any atom is 0.0752 e. The van der Waals surface area contributed by atoms with Gasteiger partial charge >= 0.3 is 0 Å². The van der Waals surface area contributed by atoms with Gasteiger partial charge in [0.15, 0.2) is 0 Å². The van der Waals surface area contributed by atoms with Crippen molar-refractivity contribution in [3.05, 3.63) is 16.9 Å². The Morgan fingerprint density at radius 2 is 2.12 bits per heavy atom. The van der Waals surface area contributed by atoms with Gasteiger partial charge in [0, 0.05) is 18.8 Å². The molecule has 5 heteroatoms. The summed E-state index contributed by atoms with van der Waals surface area (Å²) < 4.78 is 0.838. The molecule has 17 heavy (non-hydrogen) atoms. The van der Waals surface area contributed by atoms with E-state index in [0.29, 0.717) is 12.1 Å². The minimum atomic E-state index is 0.0396. The minimum Gasteiger partial charge on any atom is -0.396 e. The summed E-state index contributed by atoms with van der Waals surface area (Å²) in [7, 11) is 0. The molecule has 0 spiro atoms. The zero-order chi connectivity index (χ0) is 13.1. The van der Waals surface area contributed by atoms with Gasteiger partial charge in [-0.25, -0.2) is 0 Å². The third-order valence-electron chi connectivity index (χ3n) is 2.71. The predicted molar refractivity (Wildman–Crippen MR) is 74.9 cm³/mol. The molecular weight excluding hydrogens is 282 g/mol. The van der Waals surface area contributed by atoms with Crippen LogP contribution in [0.3, 0.4) is 0 Å². The molecular formula is C12H20BrN3O. The van der Waals surface area contributed by atoms with Crippen LogP contribution in [-0.4, -0.2) is 22.7 Å². The van der Waals surface area contributed by atoms with Crippen molar-refractivity contribution in [1.29, 1.82) is 0 Å². The van der Waals surface area contributed by atoms with Gasteiger partial charge in [0.1, 0.15) is 0 Å². The van der Waals surface area contributed by atoms with Gasteiger partial charge in [0.25, 0.3) is 0 Å². The number of nitrogens with one attached hydrogen (secondary N) is 1. The van der Waals surface area contributed by atoms with Crippen molar-refractivity contribution in [1.82, 2.24) is 4.98 Å². The molecule has 0 aliphatic carbocycles. The molecule has 0 aliphatic rings. The normalized spacial score (nSPS) is 13.5. The van der Waals surface area contributed by atoms with Crippen LogP contribution in [0.1, 0.15) is 27.2 Å². The average Bonchev–Trinajstić information content (AvgIpc) is 2.20. The summed E-state index contributed by atoms with van der Waals surface area (Å²) in [6.07, 6.45) is 4.00. The zero-order valence-electron chi connectivity index (χ0n) is 10.5. The van der Waals surface area contributed by atoms with Crippen LogP contribution in [-0.2, 0) is 0 Å². The number of aromatic nitrogens is 1. The first kappa shape index (κ1) is 14.3. The van der Waals surface area contributed by atoms with Crippen molar-refractivity contribution in [3.63, 3.8) is 0 Å². The van der Waals surface area contributed by atoms with E-state index in [9.17, 15) is 0 Å². The van der Waals surface area contributed by atoms with E-state index in [-0.39, 0.29) is 18.1 Å². The summed E-state index contributed by atoms with van der Waals surface area (Å²) in [5, 5.41) is 12.5. The summed E-state index contributed by atoms with van der Waals surface area (Å²) in [4.78, 5) is 4.00. The van der Waals surface area contributed by atoms with E-state index in [1.54, 1.807) is 12.4 Å². The highest BCUT2D eigenvalue weighted by Crippen LogP contribution is 2.32. The van der Waals surface area contributed by atoms with Crippen LogP contribution < -0.4 is 11.1 Å². The maximum atomic E-state index is 9.12. The van der Waals surface area contributed by atoms with Gasteiger partial charge in [-0.05, 0) is 27.8 Å². The summed E-state index contributed by atoms with van der Waals surface area (Å²) in [6.45, 7) is 6.54. The summed E-state index contributed by atoms with van der Waals surface area (Å²) in [5.41, 5.74) is 7.38. The topological polar surface area (TPSA) is 71.2 Å². The Kier molecular flexibility index (Phi) is 4.77. The number of hydrogen-bond acceptors (Lipinski definition) is 4. The Bertz CT molecular complexity index is 356. The molecule has 1 unspecified atom stereocenters. The number of aliphatic hydroxyl groups excluding tert-OH is 1. The van der Waals surface area contributed by atoms with Gasteiger partial charge in [0.05, 0.1) is 22.0 Å². The number of aliphatic hydroxyl groups is 1. The van der Waals surface area contributed by atoms with Crippen molar-refractivity contribution in [2.24, 2.45) is 5.41 Å². The Morgan fingerprint density at radius 1 is 1.47 bits per heavy atom. The van der Waals surface area contributed by atoms with Gasteiger partial charge in [-0.2, -0.15) is 0 Å². The average molecular weight is 302 g/mol. The summed E-state index contributed by atoms with van der Waals surface area (Å²) in [5.74, 6) is 0. The van der Waals surface area contributed by atoms with E-state index in [1.165, 1.54) is 0 Å². The Morgan fingerprint density at radius 3 is 2.59 bits per heavy atom. The van der Waals surface area contributed by atoms with E-state index in [1.807, 2.05) is 0 Å².